The third-order valence-electron chi connectivity index (χ3n) is 3.86. The molecule has 0 aliphatic carbocycles. The van der Waals surface area contributed by atoms with Crippen molar-refractivity contribution in [3.05, 3.63) is 59.7 Å². The van der Waals surface area contributed by atoms with Crippen LogP contribution < -0.4 is 15.0 Å². The van der Waals surface area contributed by atoms with Crippen LogP contribution in [0.25, 0.3) is 6.08 Å². The molecule has 0 unspecified atom stereocenters. The molecule has 7 heteroatoms. The Hall–Kier alpha value is -3.06. The van der Waals surface area contributed by atoms with Crippen LogP contribution in [0.4, 0.5) is 10.5 Å². The van der Waals surface area contributed by atoms with E-state index >= 15 is 0 Å². The highest BCUT2D eigenvalue weighted by molar-refractivity contribution is 7.98. The molecule has 1 aliphatic heterocycles. The lowest BCUT2D eigenvalue weighted by Gasteiger charge is -2.26. The summed E-state index contributed by atoms with van der Waals surface area (Å²) in [4.78, 5) is 39.1. The van der Waals surface area contributed by atoms with E-state index in [1.54, 1.807) is 36.0 Å². The summed E-state index contributed by atoms with van der Waals surface area (Å²) in [5.41, 5.74) is 0.951. The molecule has 1 N–H and O–H groups in total. The first-order valence-corrected chi connectivity index (χ1v) is 8.95. The molecular weight excluding hydrogens is 352 g/mol. The van der Waals surface area contributed by atoms with Crippen LogP contribution in [0.1, 0.15) is 5.56 Å². The van der Waals surface area contributed by atoms with Crippen LogP contribution in [0.2, 0.25) is 0 Å². The lowest BCUT2D eigenvalue weighted by Crippen LogP contribution is -2.54. The largest absolute Gasteiger partial charge is 0.497 e. The Morgan fingerprint density at radius 3 is 2.23 bits per heavy atom. The summed E-state index contributed by atoms with van der Waals surface area (Å²) < 4.78 is 5.08. The second-order valence-corrected chi connectivity index (χ2v) is 6.31. The van der Waals surface area contributed by atoms with Crippen molar-refractivity contribution in [1.29, 1.82) is 0 Å². The molecule has 0 radical (unpaired) electrons. The van der Waals surface area contributed by atoms with Crippen LogP contribution in [0.5, 0.6) is 5.75 Å². The van der Waals surface area contributed by atoms with Crippen LogP contribution in [0.3, 0.4) is 0 Å². The Morgan fingerprint density at radius 2 is 1.65 bits per heavy atom. The van der Waals surface area contributed by atoms with E-state index in [1.165, 1.54) is 13.2 Å². The number of thioether (sulfide) groups is 1. The fraction of sp³-hybridized carbons (Fsp3) is 0.105. The molecule has 2 aromatic rings. The molecule has 1 heterocycles. The fourth-order valence-corrected chi connectivity index (χ4v) is 2.90. The van der Waals surface area contributed by atoms with E-state index in [0.717, 1.165) is 9.80 Å². The van der Waals surface area contributed by atoms with Gasteiger partial charge < -0.3 is 4.74 Å². The summed E-state index contributed by atoms with van der Waals surface area (Å²) in [5, 5.41) is 2.20. The quantitative estimate of drug-likeness (QED) is 0.510. The summed E-state index contributed by atoms with van der Waals surface area (Å²) in [6.07, 6.45) is 3.44. The van der Waals surface area contributed by atoms with Crippen molar-refractivity contribution in [2.75, 3.05) is 18.3 Å². The maximum Gasteiger partial charge on any atom is 0.335 e. The van der Waals surface area contributed by atoms with Gasteiger partial charge in [-0.05, 0) is 54.3 Å². The van der Waals surface area contributed by atoms with E-state index in [1.807, 2.05) is 30.5 Å². The van der Waals surface area contributed by atoms with Crippen LogP contribution >= 0.6 is 11.8 Å². The number of methoxy groups -OCH3 is 1. The van der Waals surface area contributed by atoms with Crippen LogP contribution in [0.15, 0.2) is 59.0 Å². The molecule has 1 fully saturated rings. The van der Waals surface area contributed by atoms with Gasteiger partial charge in [0.1, 0.15) is 11.3 Å². The minimum Gasteiger partial charge on any atom is -0.497 e. The smallest absolute Gasteiger partial charge is 0.335 e. The first kappa shape index (κ1) is 17.8. The Balaban J connectivity index is 1.95. The number of barbiturate groups is 1. The Morgan fingerprint density at radius 1 is 1.00 bits per heavy atom. The lowest BCUT2D eigenvalue weighted by atomic mass is 10.1. The lowest BCUT2D eigenvalue weighted by molar-refractivity contribution is -0.122. The number of hydrogen-bond donors (Lipinski definition) is 1. The minimum absolute atomic E-state index is 0.0997. The Labute approximate surface area is 154 Å². The van der Waals surface area contributed by atoms with E-state index < -0.39 is 17.8 Å². The highest BCUT2D eigenvalue weighted by Crippen LogP contribution is 2.24. The molecule has 132 valence electrons. The zero-order valence-corrected chi connectivity index (χ0v) is 15.0. The van der Waals surface area contributed by atoms with Gasteiger partial charge in [-0.3, -0.25) is 14.9 Å². The number of ether oxygens (including phenoxy) is 1. The van der Waals surface area contributed by atoms with Crippen molar-refractivity contribution in [3.8, 4) is 5.75 Å². The molecule has 2 aromatic carbocycles. The molecule has 4 amide bonds. The van der Waals surface area contributed by atoms with Crippen molar-refractivity contribution in [2.24, 2.45) is 0 Å². The van der Waals surface area contributed by atoms with Gasteiger partial charge in [-0.2, -0.15) is 0 Å². The molecule has 26 heavy (non-hydrogen) atoms. The molecule has 0 aromatic heterocycles. The highest BCUT2D eigenvalue weighted by Gasteiger charge is 2.36. The number of rotatable bonds is 4. The van der Waals surface area contributed by atoms with Gasteiger partial charge in [0.25, 0.3) is 11.8 Å². The monoisotopic (exact) mass is 368 g/mol. The predicted molar refractivity (Wildman–Crippen MR) is 100 cm³/mol. The van der Waals surface area contributed by atoms with E-state index in [2.05, 4.69) is 5.32 Å². The van der Waals surface area contributed by atoms with Crippen molar-refractivity contribution < 1.29 is 19.1 Å². The van der Waals surface area contributed by atoms with Gasteiger partial charge in [0.15, 0.2) is 0 Å². The summed E-state index contributed by atoms with van der Waals surface area (Å²) >= 11 is 1.60. The molecule has 3 rings (SSSR count). The highest BCUT2D eigenvalue weighted by atomic mass is 32.2. The van der Waals surface area contributed by atoms with Crippen molar-refractivity contribution in [3.63, 3.8) is 0 Å². The summed E-state index contributed by atoms with van der Waals surface area (Å²) in [5.74, 6) is -0.782. The zero-order chi connectivity index (χ0) is 18.7. The SMILES string of the molecule is COc1ccc(N2C(=O)NC(=O)C(=Cc3ccc(SC)cc3)C2=O)cc1. The average Bonchev–Trinajstić information content (AvgIpc) is 2.66. The molecular formula is C19H16N2O4S. The standard InChI is InChI=1S/C19H16N2O4S/c1-25-14-7-5-13(6-8-14)21-18(23)16(17(22)20-19(21)24)11-12-3-9-15(26-2)10-4-12/h3-11H,1-2H3,(H,20,22,24). The molecule has 6 nitrogen and oxygen atoms in total. The van der Waals surface area contributed by atoms with Gasteiger partial charge in [-0.25, -0.2) is 9.69 Å². The summed E-state index contributed by atoms with van der Waals surface area (Å²) in [6, 6.07) is 13.1. The normalized spacial score (nSPS) is 16.0. The second-order valence-electron chi connectivity index (χ2n) is 5.43. The fourth-order valence-electron chi connectivity index (χ4n) is 2.49. The van der Waals surface area contributed by atoms with Gasteiger partial charge in [0.2, 0.25) is 0 Å². The van der Waals surface area contributed by atoms with Crippen LogP contribution in [0, 0.1) is 0 Å². The van der Waals surface area contributed by atoms with Gasteiger partial charge in [-0.15, -0.1) is 11.8 Å². The van der Waals surface area contributed by atoms with Crippen LogP contribution in [-0.2, 0) is 9.59 Å². The van der Waals surface area contributed by atoms with Crippen molar-refractivity contribution in [1.82, 2.24) is 5.32 Å². The molecule has 1 aliphatic rings. The first-order valence-electron chi connectivity index (χ1n) is 7.73. The Bertz CT molecular complexity index is 889. The third kappa shape index (κ3) is 3.48. The number of carbonyl (C=O) groups is 3. The Kier molecular flexibility index (Phi) is 5.09. The molecule has 1 saturated heterocycles. The van der Waals surface area contributed by atoms with E-state index in [0.29, 0.717) is 17.0 Å². The number of nitrogens with one attached hydrogen (secondary N) is 1. The van der Waals surface area contributed by atoms with E-state index in [9.17, 15) is 14.4 Å². The number of nitrogens with zero attached hydrogens (tertiary/aromatic N) is 1. The third-order valence-corrected chi connectivity index (χ3v) is 4.60. The number of anilines is 1. The molecule has 0 spiro atoms. The maximum absolute atomic E-state index is 12.8. The number of carbonyl (C=O) groups excluding carboxylic acids is 3. The molecule has 0 bridgehead atoms. The minimum atomic E-state index is -0.778. The molecule has 0 atom stereocenters. The number of imide groups is 2. The number of benzene rings is 2. The van der Waals surface area contributed by atoms with Gasteiger partial charge in [-0.1, -0.05) is 12.1 Å². The van der Waals surface area contributed by atoms with E-state index in [4.69, 9.17) is 4.74 Å². The number of amides is 4. The van der Waals surface area contributed by atoms with Crippen LogP contribution in [-0.4, -0.2) is 31.2 Å². The van der Waals surface area contributed by atoms with Crippen molar-refractivity contribution >= 4 is 41.4 Å². The summed E-state index contributed by atoms with van der Waals surface area (Å²) in [6.45, 7) is 0. The average molecular weight is 368 g/mol. The predicted octanol–water partition coefficient (Wildman–Crippen LogP) is 3.08. The zero-order valence-electron chi connectivity index (χ0n) is 14.2. The number of urea groups is 1. The van der Waals surface area contributed by atoms with Gasteiger partial charge >= 0.3 is 6.03 Å². The van der Waals surface area contributed by atoms with Crippen molar-refractivity contribution in [2.45, 2.75) is 4.90 Å². The maximum atomic E-state index is 12.8. The topological polar surface area (TPSA) is 75.7 Å². The summed E-state index contributed by atoms with van der Waals surface area (Å²) in [7, 11) is 1.52. The molecule has 0 saturated carbocycles. The van der Waals surface area contributed by atoms with Gasteiger partial charge in [0.05, 0.1) is 12.8 Å². The second kappa shape index (κ2) is 7.45. The van der Waals surface area contributed by atoms with Gasteiger partial charge in [0, 0.05) is 4.90 Å². The number of hydrogen-bond acceptors (Lipinski definition) is 5. The first-order chi connectivity index (χ1) is 12.5. The van der Waals surface area contributed by atoms with E-state index in [-0.39, 0.29) is 5.57 Å².